The van der Waals surface area contributed by atoms with Gasteiger partial charge in [0.1, 0.15) is 11.5 Å². The molecule has 16 heavy (non-hydrogen) atoms. The van der Waals surface area contributed by atoms with Crippen molar-refractivity contribution in [3.8, 4) is 0 Å². The van der Waals surface area contributed by atoms with Gasteiger partial charge in [0.2, 0.25) is 0 Å². The summed E-state index contributed by atoms with van der Waals surface area (Å²) >= 11 is 0. The number of nitrogens with one attached hydrogen (secondary N) is 1. The first kappa shape index (κ1) is 10.4. The first-order chi connectivity index (χ1) is 7.66. The molecule has 0 saturated carbocycles. The first-order valence-corrected chi connectivity index (χ1v) is 4.83. The van der Waals surface area contributed by atoms with Crippen molar-refractivity contribution in [1.29, 1.82) is 0 Å². The summed E-state index contributed by atoms with van der Waals surface area (Å²) in [5.74, 6) is 0.756. The molecular weight excluding hydrogens is 206 g/mol. The maximum Gasteiger partial charge on any atom is 0.275 e. The van der Waals surface area contributed by atoms with Gasteiger partial charge in [-0.1, -0.05) is 11.2 Å². The van der Waals surface area contributed by atoms with Gasteiger partial charge in [0.15, 0.2) is 5.82 Å². The van der Waals surface area contributed by atoms with Crippen LogP contribution in [0.3, 0.4) is 0 Å². The largest absolute Gasteiger partial charge is 0.360 e. The Morgan fingerprint density at radius 2 is 2.25 bits per heavy atom. The van der Waals surface area contributed by atoms with E-state index in [1.807, 2.05) is 13.0 Å². The van der Waals surface area contributed by atoms with Crippen LogP contribution < -0.4 is 5.32 Å². The minimum Gasteiger partial charge on any atom is -0.360 e. The molecule has 0 unspecified atom stereocenters. The number of carbonyl (C=O) groups excluding carboxylic acids is 1. The van der Waals surface area contributed by atoms with E-state index in [-0.39, 0.29) is 5.91 Å². The van der Waals surface area contributed by atoms with Crippen molar-refractivity contribution in [2.75, 3.05) is 5.32 Å². The molecule has 0 bridgehead atoms. The van der Waals surface area contributed by atoms with Gasteiger partial charge in [0.25, 0.3) is 5.91 Å². The molecule has 82 valence electrons. The monoisotopic (exact) mass is 217 g/mol. The predicted molar refractivity (Wildman–Crippen MR) is 58.2 cm³/mol. The Balaban J connectivity index is 2.18. The van der Waals surface area contributed by atoms with Crippen LogP contribution in [0.1, 0.15) is 21.8 Å². The highest BCUT2D eigenvalue weighted by atomic mass is 16.5. The third-order valence-electron chi connectivity index (χ3n) is 2.09. The van der Waals surface area contributed by atoms with Gasteiger partial charge < -0.3 is 9.84 Å². The SMILES string of the molecule is Cc1cc(NC(=O)c2ncccc2C)no1. The molecule has 2 aromatic heterocycles. The average Bonchev–Trinajstić information content (AvgIpc) is 2.64. The van der Waals surface area contributed by atoms with Crippen molar-refractivity contribution in [2.24, 2.45) is 0 Å². The number of amides is 1. The molecule has 0 spiro atoms. The molecule has 0 aliphatic carbocycles. The number of hydrogen-bond donors (Lipinski definition) is 1. The van der Waals surface area contributed by atoms with Gasteiger partial charge in [-0.2, -0.15) is 0 Å². The van der Waals surface area contributed by atoms with Crippen molar-refractivity contribution >= 4 is 11.7 Å². The van der Waals surface area contributed by atoms with Gasteiger partial charge in [0.05, 0.1) is 0 Å². The van der Waals surface area contributed by atoms with Crippen LogP contribution in [-0.4, -0.2) is 16.0 Å². The lowest BCUT2D eigenvalue weighted by Crippen LogP contribution is -2.15. The Kier molecular flexibility index (Phi) is 2.68. The van der Waals surface area contributed by atoms with Crippen molar-refractivity contribution in [3.05, 3.63) is 41.4 Å². The number of aryl methyl sites for hydroxylation is 2. The number of hydrogen-bond acceptors (Lipinski definition) is 4. The minimum atomic E-state index is -0.286. The summed E-state index contributed by atoms with van der Waals surface area (Å²) in [6.45, 7) is 3.59. The number of nitrogens with zero attached hydrogens (tertiary/aromatic N) is 2. The lowest BCUT2D eigenvalue weighted by molar-refractivity contribution is 0.102. The standard InChI is InChI=1S/C11H11N3O2/c1-7-4-3-5-12-10(7)11(15)13-9-6-8(2)16-14-9/h3-6H,1-2H3,(H,13,14,15). The third-order valence-corrected chi connectivity index (χ3v) is 2.09. The summed E-state index contributed by atoms with van der Waals surface area (Å²) in [5.41, 5.74) is 1.21. The first-order valence-electron chi connectivity index (χ1n) is 4.83. The molecule has 2 aromatic rings. The zero-order valence-corrected chi connectivity index (χ0v) is 9.02. The number of anilines is 1. The van der Waals surface area contributed by atoms with Crippen LogP contribution in [-0.2, 0) is 0 Å². The molecule has 0 aromatic carbocycles. The molecule has 1 N–H and O–H groups in total. The van der Waals surface area contributed by atoms with Crippen LogP contribution in [0.15, 0.2) is 28.9 Å². The molecule has 0 saturated heterocycles. The molecule has 1 amide bonds. The summed E-state index contributed by atoms with van der Waals surface area (Å²) in [5, 5.41) is 6.29. The second-order valence-corrected chi connectivity index (χ2v) is 3.45. The third kappa shape index (κ3) is 2.08. The van der Waals surface area contributed by atoms with Gasteiger partial charge in [-0.25, -0.2) is 0 Å². The fourth-order valence-electron chi connectivity index (χ4n) is 1.32. The Bertz CT molecular complexity index is 519. The van der Waals surface area contributed by atoms with Gasteiger partial charge in [0, 0.05) is 12.3 Å². The van der Waals surface area contributed by atoms with Gasteiger partial charge in [-0.15, -0.1) is 0 Å². The lowest BCUT2D eigenvalue weighted by Gasteiger charge is -2.02. The van der Waals surface area contributed by atoms with E-state index in [4.69, 9.17) is 4.52 Å². The number of rotatable bonds is 2. The molecule has 0 aliphatic heterocycles. The second kappa shape index (κ2) is 4.14. The fourth-order valence-corrected chi connectivity index (χ4v) is 1.32. The van der Waals surface area contributed by atoms with E-state index in [0.717, 1.165) is 5.56 Å². The number of pyridine rings is 1. The molecule has 0 radical (unpaired) electrons. The van der Waals surface area contributed by atoms with E-state index >= 15 is 0 Å². The minimum absolute atomic E-state index is 0.286. The molecule has 0 atom stereocenters. The van der Waals surface area contributed by atoms with Gasteiger partial charge >= 0.3 is 0 Å². The average molecular weight is 217 g/mol. The van der Waals surface area contributed by atoms with Crippen molar-refractivity contribution in [2.45, 2.75) is 13.8 Å². The zero-order valence-electron chi connectivity index (χ0n) is 9.02. The lowest BCUT2D eigenvalue weighted by atomic mass is 10.2. The molecule has 5 nitrogen and oxygen atoms in total. The van der Waals surface area contributed by atoms with Gasteiger partial charge in [-0.3, -0.25) is 9.78 Å². The Morgan fingerprint density at radius 3 is 2.88 bits per heavy atom. The van der Waals surface area contributed by atoms with Crippen LogP contribution in [0.25, 0.3) is 0 Å². The smallest absolute Gasteiger partial charge is 0.275 e. The maximum atomic E-state index is 11.8. The van der Waals surface area contributed by atoms with Crippen molar-refractivity contribution in [3.63, 3.8) is 0 Å². The van der Waals surface area contributed by atoms with E-state index in [0.29, 0.717) is 17.3 Å². The van der Waals surface area contributed by atoms with Crippen LogP contribution in [0.2, 0.25) is 0 Å². The predicted octanol–water partition coefficient (Wildman–Crippen LogP) is 1.94. The van der Waals surface area contributed by atoms with E-state index < -0.39 is 0 Å². The fraction of sp³-hybridized carbons (Fsp3) is 0.182. The molecule has 2 heterocycles. The Labute approximate surface area is 92.5 Å². The summed E-state index contributed by atoms with van der Waals surface area (Å²) in [4.78, 5) is 15.8. The summed E-state index contributed by atoms with van der Waals surface area (Å²) in [6.07, 6.45) is 1.58. The van der Waals surface area contributed by atoms with Crippen LogP contribution >= 0.6 is 0 Å². The van der Waals surface area contributed by atoms with Crippen molar-refractivity contribution in [1.82, 2.24) is 10.1 Å². The van der Waals surface area contributed by atoms with Crippen LogP contribution in [0, 0.1) is 13.8 Å². The van der Waals surface area contributed by atoms with Crippen LogP contribution in [0.4, 0.5) is 5.82 Å². The Morgan fingerprint density at radius 1 is 1.44 bits per heavy atom. The maximum absolute atomic E-state index is 11.8. The highest BCUT2D eigenvalue weighted by molar-refractivity contribution is 6.03. The summed E-state index contributed by atoms with van der Waals surface area (Å²) in [6, 6.07) is 5.26. The summed E-state index contributed by atoms with van der Waals surface area (Å²) < 4.78 is 4.85. The van der Waals surface area contributed by atoms with Crippen LogP contribution in [0.5, 0.6) is 0 Å². The Hall–Kier alpha value is -2.17. The number of carbonyl (C=O) groups is 1. The topological polar surface area (TPSA) is 68.0 Å². The van der Waals surface area contributed by atoms with Crippen molar-refractivity contribution < 1.29 is 9.32 Å². The van der Waals surface area contributed by atoms with E-state index in [1.165, 1.54) is 0 Å². The summed E-state index contributed by atoms with van der Waals surface area (Å²) in [7, 11) is 0. The van der Waals surface area contributed by atoms with E-state index in [9.17, 15) is 4.79 Å². The molecular formula is C11H11N3O2. The molecule has 0 aliphatic rings. The second-order valence-electron chi connectivity index (χ2n) is 3.45. The molecule has 5 heteroatoms. The number of aromatic nitrogens is 2. The zero-order chi connectivity index (χ0) is 11.5. The highest BCUT2D eigenvalue weighted by Gasteiger charge is 2.11. The van der Waals surface area contributed by atoms with Gasteiger partial charge in [-0.05, 0) is 25.5 Å². The molecule has 0 fully saturated rings. The molecule has 2 rings (SSSR count). The highest BCUT2D eigenvalue weighted by Crippen LogP contribution is 2.10. The quantitative estimate of drug-likeness (QED) is 0.834. The normalized spacial score (nSPS) is 10.1. The van der Waals surface area contributed by atoms with E-state index in [2.05, 4.69) is 15.5 Å². The van der Waals surface area contributed by atoms with E-state index in [1.54, 1.807) is 25.3 Å².